The highest BCUT2D eigenvalue weighted by molar-refractivity contribution is 5.28. The monoisotopic (exact) mass is 269 g/mol. The van der Waals surface area contributed by atoms with Crippen LogP contribution in [-0.2, 0) is 19.8 Å². The molecule has 0 atom stereocenters. The number of nitrogens with zero attached hydrogens (tertiary/aromatic N) is 3. The zero-order valence-electron chi connectivity index (χ0n) is 10.9. The molecule has 0 heterocycles. The van der Waals surface area contributed by atoms with Crippen molar-refractivity contribution in [3.63, 3.8) is 0 Å². The maximum Gasteiger partial charge on any atom is 0.119 e. The van der Waals surface area contributed by atoms with Crippen LogP contribution in [-0.4, -0.2) is 5.11 Å². The molecule has 0 spiro atoms. The van der Waals surface area contributed by atoms with Gasteiger partial charge in [0.2, 0.25) is 0 Å². The van der Waals surface area contributed by atoms with Crippen LogP contribution in [0, 0.1) is 0 Å². The fourth-order valence-corrected chi connectivity index (χ4v) is 1.71. The van der Waals surface area contributed by atoms with E-state index in [9.17, 15) is 0 Å². The summed E-state index contributed by atoms with van der Waals surface area (Å²) in [6.45, 7) is 0.869. The number of azide groups is 1. The summed E-state index contributed by atoms with van der Waals surface area (Å²) in [6, 6.07) is 15.1. The highest BCUT2D eigenvalue weighted by Gasteiger charge is 1.97. The van der Waals surface area contributed by atoms with Crippen molar-refractivity contribution < 1.29 is 9.84 Å². The first-order valence-corrected chi connectivity index (χ1v) is 6.23. The van der Waals surface area contributed by atoms with Crippen molar-refractivity contribution in [2.45, 2.75) is 19.8 Å². The fraction of sp³-hybridized carbons (Fsp3) is 0.200. The van der Waals surface area contributed by atoms with Crippen LogP contribution in [0.1, 0.15) is 16.7 Å². The van der Waals surface area contributed by atoms with E-state index in [1.165, 1.54) is 0 Å². The summed E-state index contributed by atoms with van der Waals surface area (Å²) < 4.78 is 5.65. The Balaban J connectivity index is 1.91. The largest absolute Gasteiger partial charge is 0.489 e. The minimum Gasteiger partial charge on any atom is -0.489 e. The van der Waals surface area contributed by atoms with Gasteiger partial charge in [0.05, 0.1) is 13.2 Å². The normalized spacial score (nSPS) is 9.85. The highest BCUT2D eigenvalue weighted by Crippen LogP contribution is 2.14. The van der Waals surface area contributed by atoms with E-state index in [4.69, 9.17) is 15.4 Å². The second kappa shape index (κ2) is 7.19. The number of aliphatic hydroxyl groups is 1. The summed E-state index contributed by atoms with van der Waals surface area (Å²) in [6.07, 6.45) is 0. The lowest BCUT2D eigenvalue weighted by Crippen LogP contribution is -1.96. The molecule has 0 aliphatic rings. The van der Waals surface area contributed by atoms with Crippen LogP contribution >= 0.6 is 0 Å². The Kier molecular flexibility index (Phi) is 5.00. The van der Waals surface area contributed by atoms with Crippen LogP contribution in [0.4, 0.5) is 0 Å². The summed E-state index contributed by atoms with van der Waals surface area (Å²) in [5.41, 5.74) is 11.1. The van der Waals surface area contributed by atoms with Gasteiger partial charge in [-0.2, -0.15) is 0 Å². The number of hydrogen-bond donors (Lipinski definition) is 1. The molecule has 0 bridgehead atoms. The molecule has 20 heavy (non-hydrogen) atoms. The minimum absolute atomic E-state index is 0.0346. The topological polar surface area (TPSA) is 78.2 Å². The van der Waals surface area contributed by atoms with E-state index in [1.54, 1.807) is 0 Å². The van der Waals surface area contributed by atoms with Crippen LogP contribution in [0.25, 0.3) is 10.4 Å². The lowest BCUT2D eigenvalue weighted by Gasteiger charge is -2.07. The zero-order chi connectivity index (χ0) is 14.2. The number of aliphatic hydroxyl groups excluding tert-OH is 1. The van der Waals surface area contributed by atoms with Crippen molar-refractivity contribution in [1.82, 2.24) is 0 Å². The quantitative estimate of drug-likeness (QED) is 0.494. The van der Waals surface area contributed by atoms with Gasteiger partial charge in [-0.25, -0.2) is 0 Å². The van der Waals surface area contributed by atoms with Crippen molar-refractivity contribution in [3.8, 4) is 5.75 Å². The molecule has 2 aromatic rings. The molecular weight excluding hydrogens is 254 g/mol. The van der Waals surface area contributed by atoms with Crippen LogP contribution in [0.3, 0.4) is 0 Å². The summed E-state index contributed by atoms with van der Waals surface area (Å²) in [5, 5.41) is 12.5. The van der Waals surface area contributed by atoms with E-state index < -0.39 is 0 Å². The van der Waals surface area contributed by atoms with E-state index in [2.05, 4.69) is 10.0 Å². The minimum atomic E-state index is 0.0346. The number of rotatable bonds is 6. The summed E-state index contributed by atoms with van der Waals surface area (Å²) in [5.74, 6) is 0.764. The molecule has 0 fully saturated rings. The van der Waals surface area contributed by atoms with Gasteiger partial charge in [-0.1, -0.05) is 41.5 Å². The first-order valence-electron chi connectivity index (χ1n) is 6.23. The van der Waals surface area contributed by atoms with Gasteiger partial charge in [0.1, 0.15) is 12.4 Å². The van der Waals surface area contributed by atoms with Crippen molar-refractivity contribution in [2.24, 2.45) is 5.11 Å². The van der Waals surface area contributed by atoms with Crippen LogP contribution in [0.2, 0.25) is 0 Å². The predicted molar refractivity (Wildman–Crippen MR) is 76.0 cm³/mol. The van der Waals surface area contributed by atoms with Gasteiger partial charge in [-0.05, 0) is 34.4 Å². The number of ether oxygens (including phenoxy) is 1. The molecule has 2 aromatic carbocycles. The van der Waals surface area contributed by atoms with E-state index in [1.807, 2.05) is 48.5 Å². The molecule has 0 unspecified atom stereocenters. The Morgan fingerprint density at radius 1 is 0.950 bits per heavy atom. The number of benzene rings is 2. The third-order valence-electron chi connectivity index (χ3n) is 2.85. The summed E-state index contributed by atoms with van der Waals surface area (Å²) >= 11 is 0. The first kappa shape index (κ1) is 13.9. The molecule has 5 heteroatoms. The molecule has 102 valence electrons. The molecule has 0 saturated carbocycles. The van der Waals surface area contributed by atoms with Crippen molar-refractivity contribution in [3.05, 3.63) is 75.7 Å². The highest BCUT2D eigenvalue weighted by atomic mass is 16.5. The Morgan fingerprint density at radius 2 is 1.55 bits per heavy atom. The molecule has 0 radical (unpaired) electrons. The second-order valence-corrected chi connectivity index (χ2v) is 4.30. The van der Waals surface area contributed by atoms with E-state index >= 15 is 0 Å². The molecule has 0 amide bonds. The first-order chi connectivity index (χ1) is 9.81. The van der Waals surface area contributed by atoms with Crippen molar-refractivity contribution >= 4 is 0 Å². The van der Waals surface area contributed by atoms with Gasteiger partial charge >= 0.3 is 0 Å². The molecule has 0 saturated heterocycles. The molecule has 0 aliphatic carbocycles. The van der Waals surface area contributed by atoms with Crippen molar-refractivity contribution in [1.29, 1.82) is 0 Å². The Labute approximate surface area is 117 Å². The average molecular weight is 269 g/mol. The smallest absolute Gasteiger partial charge is 0.119 e. The van der Waals surface area contributed by atoms with Crippen LogP contribution in [0.5, 0.6) is 5.75 Å². The molecule has 5 nitrogen and oxygen atoms in total. The van der Waals surface area contributed by atoms with Gasteiger partial charge in [0, 0.05) is 4.91 Å². The van der Waals surface area contributed by atoms with Crippen LogP contribution in [0.15, 0.2) is 53.6 Å². The predicted octanol–water partition coefficient (Wildman–Crippen LogP) is 3.57. The summed E-state index contributed by atoms with van der Waals surface area (Å²) in [4.78, 5) is 2.73. The maximum atomic E-state index is 8.95. The Morgan fingerprint density at radius 3 is 2.15 bits per heavy atom. The van der Waals surface area contributed by atoms with Crippen molar-refractivity contribution in [2.75, 3.05) is 0 Å². The van der Waals surface area contributed by atoms with Gasteiger partial charge in [0.15, 0.2) is 0 Å². The third kappa shape index (κ3) is 4.02. The van der Waals surface area contributed by atoms with E-state index in [-0.39, 0.29) is 6.61 Å². The lowest BCUT2D eigenvalue weighted by atomic mass is 10.1. The van der Waals surface area contributed by atoms with Gasteiger partial charge in [0.25, 0.3) is 0 Å². The maximum absolute atomic E-state index is 8.95. The third-order valence-corrected chi connectivity index (χ3v) is 2.85. The molecule has 2 rings (SSSR count). The zero-order valence-corrected chi connectivity index (χ0v) is 10.9. The van der Waals surface area contributed by atoms with Crippen LogP contribution < -0.4 is 4.74 Å². The van der Waals surface area contributed by atoms with Gasteiger partial charge in [-0.15, -0.1) is 0 Å². The van der Waals surface area contributed by atoms with E-state index in [0.29, 0.717) is 13.2 Å². The fourth-order valence-electron chi connectivity index (χ4n) is 1.71. The van der Waals surface area contributed by atoms with Gasteiger partial charge in [-0.3, -0.25) is 0 Å². The number of hydrogen-bond acceptors (Lipinski definition) is 3. The summed E-state index contributed by atoms with van der Waals surface area (Å²) in [7, 11) is 0. The lowest BCUT2D eigenvalue weighted by molar-refractivity contribution is 0.280. The standard InChI is InChI=1S/C15H15N3O2/c16-18-17-9-12-1-3-14(4-2-12)11-20-15-7-5-13(10-19)6-8-15/h1-8,19H,9-11H2. The van der Waals surface area contributed by atoms with Gasteiger partial charge < -0.3 is 9.84 Å². The Bertz CT molecular complexity index is 588. The molecular formula is C15H15N3O2. The molecule has 1 N–H and O–H groups in total. The average Bonchev–Trinajstić information content (AvgIpc) is 2.52. The molecule has 0 aliphatic heterocycles. The SMILES string of the molecule is [N-]=[N+]=NCc1ccc(COc2ccc(CO)cc2)cc1. The van der Waals surface area contributed by atoms with E-state index in [0.717, 1.165) is 22.4 Å². The molecule has 0 aromatic heterocycles. The Hall–Kier alpha value is -2.49. The second-order valence-electron chi connectivity index (χ2n) is 4.30.